The van der Waals surface area contributed by atoms with Crippen LogP contribution >= 0.6 is 0 Å². The average molecular weight is 249 g/mol. The second-order valence-electron chi connectivity index (χ2n) is 3.84. The Bertz CT molecular complexity index is 415. The first-order valence-corrected chi connectivity index (χ1v) is 5.59. The highest BCUT2D eigenvalue weighted by atomic mass is 16.5. The smallest absolute Gasteiger partial charge is 0.237 e. The third-order valence-electron chi connectivity index (χ3n) is 2.57. The van der Waals surface area contributed by atoms with Gasteiger partial charge in [0.15, 0.2) is 0 Å². The summed E-state index contributed by atoms with van der Waals surface area (Å²) in [4.78, 5) is 22.2. The zero-order chi connectivity index (χ0) is 13.5. The topological polar surface area (TPSA) is 81.4 Å². The van der Waals surface area contributed by atoms with Gasteiger partial charge in [-0.15, -0.1) is 0 Å². The minimum Gasteiger partial charge on any atom is -0.497 e. The molecule has 0 spiro atoms. The molecule has 1 aromatic carbocycles. The van der Waals surface area contributed by atoms with Crippen molar-refractivity contribution in [2.45, 2.75) is 13.3 Å². The third-order valence-corrected chi connectivity index (χ3v) is 2.57. The van der Waals surface area contributed by atoms with Crippen molar-refractivity contribution in [2.24, 2.45) is 5.73 Å². The van der Waals surface area contributed by atoms with Crippen LogP contribution in [0.5, 0.6) is 5.75 Å². The second kappa shape index (κ2) is 6.64. The number of ether oxygens (including phenoxy) is 1. The molecule has 0 bridgehead atoms. The van der Waals surface area contributed by atoms with E-state index in [0.29, 0.717) is 13.0 Å². The average Bonchev–Trinajstić information content (AvgIpc) is 2.38. The van der Waals surface area contributed by atoms with E-state index in [1.807, 2.05) is 24.3 Å². The maximum atomic E-state index is 11.4. The highest BCUT2D eigenvalue weighted by molar-refractivity contribution is 6.13. The molecule has 3 N–H and O–H groups in total. The van der Waals surface area contributed by atoms with Crippen LogP contribution in [0.2, 0.25) is 0 Å². The molecule has 0 saturated heterocycles. The lowest BCUT2D eigenvalue weighted by molar-refractivity contribution is -0.124. The highest BCUT2D eigenvalue weighted by Crippen LogP contribution is 2.11. The van der Waals surface area contributed by atoms with Gasteiger partial charge in [0.2, 0.25) is 11.8 Å². The fourth-order valence-electron chi connectivity index (χ4n) is 1.36. The third kappa shape index (κ3) is 4.08. The Morgan fingerprint density at radius 2 is 1.89 bits per heavy atom. The summed E-state index contributed by atoms with van der Waals surface area (Å²) in [5.74, 6) is -0.307. The van der Waals surface area contributed by atoms with Gasteiger partial charge < -0.3 is 15.8 Å². The number of amides is 2. The van der Waals surface area contributed by atoms with Gasteiger partial charge in [-0.2, -0.15) is 0 Å². The van der Waals surface area contributed by atoms with Gasteiger partial charge in [0.1, 0.15) is 11.7 Å². The standard InChI is InChI=1S/C13H17N2O3/c1-9(12(14)16)13(17)15-8-7-10-3-5-11(18-2)6-4-10/h3-6H,7-8H2,1-2H3,(H2,14,16)(H,15,17). The Morgan fingerprint density at radius 3 is 2.39 bits per heavy atom. The van der Waals surface area contributed by atoms with E-state index in [1.165, 1.54) is 6.92 Å². The number of hydrogen-bond donors (Lipinski definition) is 2. The van der Waals surface area contributed by atoms with Crippen LogP contribution in [0.25, 0.3) is 0 Å². The highest BCUT2D eigenvalue weighted by Gasteiger charge is 2.18. The molecule has 1 aromatic rings. The van der Waals surface area contributed by atoms with Crippen LogP contribution in [0.1, 0.15) is 12.5 Å². The van der Waals surface area contributed by atoms with Gasteiger partial charge in [0, 0.05) is 6.54 Å². The van der Waals surface area contributed by atoms with Crippen LogP contribution in [0.15, 0.2) is 24.3 Å². The summed E-state index contributed by atoms with van der Waals surface area (Å²) in [6.07, 6.45) is 0.682. The predicted molar refractivity (Wildman–Crippen MR) is 67.8 cm³/mol. The molecule has 18 heavy (non-hydrogen) atoms. The van der Waals surface area contributed by atoms with Crippen molar-refractivity contribution in [3.8, 4) is 5.75 Å². The minimum atomic E-state index is -0.697. The molecule has 5 heteroatoms. The zero-order valence-electron chi connectivity index (χ0n) is 10.5. The van der Waals surface area contributed by atoms with E-state index < -0.39 is 11.8 Å². The molecule has 0 aliphatic carbocycles. The van der Waals surface area contributed by atoms with E-state index in [4.69, 9.17) is 10.5 Å². The Hall–Kier alpha value is -2.04. The van der Waals surface area contributed by atoms with Gasteiger partial charge in [-0.05, 0) is 31.0 Å². The lowest BCUT2D eigenvalue weighted by Gasteiger charge is -2.08. The van der Waals surface area contributed by atoms with E-state index >= 15 is 0 Å². The molecule has 2 amide bonds. The summed E-state index contributed by atoms with van der Waals surface area (Å²) in [7, 11) is 1.61. The largest absolute Gasteiger partial charge is 0.497 e. The normalized spacial score (nSPS) is 10.2. The predicted octanol–water partition coefficient (Wildman–Crippen LogP) is 0.434. The van der Waals surface area contributed by atoms with Crippen LogP contribution in [0.3, 0.4) is 0 Å². The molecule has 0 aliphatic rings. The van der Waals surface area contributed by atoms with Gasteiger partial charge in [-0.3, -0.25) is 9.59 Å². The van der Waals surface area contributed by atoms with Gasteiger partial charge in [0.25, 0.3) is 0 Å². The van der Waals surface area contributed by atoms with Crippen LogP contribution in [-0.4, -0.2) is 25.5 Å². The molecule has 0 saturated carbocycles. The van der Waals surface area contributed by atoms with Crippen molar-refractivity contribution in [2.75, 3.05) is 13.7 Å². The molecular weight excluding hydrogens is 232 g/mol. The Kier molecular flexibility index (Phi) is 5.17. The molecule has 0 aliphatic heterocycles. The fourth-order valence-corrected chi connectivity index (χ4v) is 1.36. The van der Waals surface area contributed by atoms with E-state index in [9.17, 15) is 9.59 Å². The van der Waals surface area contributed by atoms with Crippen LogP contribution in [0, 0.1) is 5.92 Å². The first-order chi connectivity index (χ1) is 8.54. The summed E-state index contributed by atoms with van der Waals surface area (Å²) in [5, 5.41) is 2.63. The molecule has 0 heterocycles. The maximum Gasteiger partial charge on any atom is 0.237 e. The molecule has 1 radical (unpaired) electrons. The number of carbonyl (C=O) groups excluding carboxylic acids is 2. The first kappa shape index (κ1) is 14.0. The van der Waals surface area contributed by atoms with Crippen LogP contribution in [0.4, 0.5) is 0 Å². The van der Waals surface area contributed by atoms with Crippen LogP contribution < -0.4 is 15.8 Å². The molecule has 0 unspecified atom stereocenters. The SMILES string of the molecule is COc1ccc(CCNC(=O)[C](C)C(N)=O)cc1. The quantitative estimate of drug-likeness (QED) is 0.717. The molecule has 0 atom stereocenters. The summed E-state index contributed by atoms with van der Waals surface area (Å²) in [6, 6.07) is 7.57. The molecule has 5 nitrogen and oxygen atoms in total. The van der Waals surface area contributed by atoms with Gasteiger partial charge in [-0.1, -0.05) is 12.1 Å². The number of benzene rings is 1. The number of methoxy groups -OCH3 is 1. The van der Waals surface area contributed by atoms with Crippen molar-refractivity contribution in [1.29, 1.82) is 0 Å². The van der Waals surface area contributed by atoms with Crippen molar-refractivity contribution in [1.82, 2.24) is 5.32 Å². The van der Waals surface area contributed by atoms with Crippen molar-refractivity contribution < 1.29 is 14.3 Å². The lowest BCUT2D eigenvalue weighted by Crippen LogP contribution is -2.36. The number of nitrogens with one attached hydrogen (secondary N) is 1. The molecule has 97 valence electrons. The van der Waals surface area contributed by atoms with Gasteiger partial charge >= 0.3 is 0 Å². The van der Waals surface area contributed by atoms with E-state index in [-0.39, 0.29) is 5.92 Å². The monoisotopic (exact) mass is 249 g/mol. The first-order valence-electron chi connectivity index (χ1n) is 5.59. The van der Waals surface area contributed by atoms with Crippen LogP contribution in [-0.2, 0) is 16.0 Å². The Balaban J connectivity index is 2.37. The fraction of sp³-hybridized carbons (Fsp3) is 0.308. The molecule has 0 aromatic heterocycles. The van der Waals surface area contributed by atoms with Gasteiger partial charge in [-0.25, -0.2) is 0 Å². The Labute approximate surface area is 106 Å². The van der Waals surface area contributed by atoms with E-state index in [1.54, 1.807) is 7.11 Å². The summed E-state index contributed by atoms with van der Waals surface area (Å²) in [5.41, 5.74) is 6.08. The maximum absolute atomic E-state index is 11.4. The minimum absolute atomic E-state index is 0.0183. The van der Waals surface area contributed by atoms with Crippen molar-refractivity contribution >= 4 is 11.8 Å². The number of primary amides is 1. The second-order valence-corrected chi connectivity index (χ2v) is 3.84. The van der Waals surface area contributed by atoms with E-state index in [2.05, 4.69) is 5.32 Å². The van der Waals surface area contributed by atoms with Crippen molar-refractivity contribution in [3.63, 3.8) is 0 Å². The number of nitrogens with two attached hydrogens (primary N) is 1. The number of carbonyl (C=O) groups is 2. The number of hydrogen-bond acceptors (Lipinski definition) is 3. The lowest BCUT2D eigenvalue weighted by atomic mass is 10.1. The van der Waals surface area contributed by atoms with Gasteiger partial charge in [0.05, 0.1) is 7.11 Å². The van der Waals surface area contributed by atoms with Crippen molar-refractivity contribution in [3.05, 3.63) is 35.7 Å². The molecular formula is C13H17N2O3. The molecule has 1 rings (SSSR count). The zero-order valence-corrected chi connectivity index (χ0v) is 10.5. The Morgan fingerprint density at radius 1 is 1.28 bits per heavy atom. The molecule has 0 fully saturated rings. The van der Waals surface area contributed by atoms with E-state index in [0.717, 1.165) is 11.3 Å². The number of rotatable bonds is 6. The summed E-state index contributed by atoms with van der Waals surface area (Å²) >= 11 is 0. The summed E-state index contributed by atoms with van der Waals surface area (Å²) in [6.45, 7) is 1.86. The summed E-state index contributed by atoms with van der Waals surface area (Å²) < 4.78 is 5.05.